The molecule has 1 aromatic carbocycles. The Bertz CT molecular complexity index is 527. The van der Waals surface area contributed by atoms with E-state index in [9.17, 15) is 13.6 Å². The van der Waals surface area contributed by atoms with Gasteiger partial charge in [0.15, 0.2) is 11.6 Å². The molecule has 102 valence electrons. The highest BCUT2D eigenvalue weighted by atomic mass is 19.1. The monoisotopic (exact) mass is 268 g/mol. The maximum Gasteiger partial charge on any atom is 0.328 e. The number of hydrogen-bond acceptors (Lipinski definition) is 3. The molecule has 0 unspecified atom stereocenters. The van der Waals surface area contributed by atoms with Gasteiger partial charge in [0.1, 0.15) is 11.2 Å². The van der Waals surface area contributed by atoms with Crippen LogP contribution < -0.4 is 4.90 Å². The Morgan fingerprint density at radius 1 is 1.42 bits per heavy atom. The molecule has 0 aliphatic carbocycles. The molecule has 0 fully saturated rings. The SMILES string of the molecule is CCN(c1c(F)cc(C#N)cc1F)C(C)(C)C(=O)O. The van der Waals surface area contributed by atoms with E-state index in [1.165, 1.54) is 13.8 Å². The summed E-state index contributed by atoms with van der Waals surface area (Å²) in [6, 6.07) is 3.42. The van der Waals surface area contributed by atoms with Gasteiger partial charge in [-0.2, -0.15) is 5.26 Å². The van der Waals surface area contributed by atoms with Crippen molar-refractivity contribution in [1.29, 1.82) is 5.26 Å². The Morgan fingerprint density at radius 3 is 2.21 bits per heavy atom. The normalized spacial score (nSPS) is 10.9. The lowest BCUT2D eigenvalue weighted by Crippen LogP contribution is -2.51. The summed E-state index contributed by atoms with van der Waals surface area (Å²) in [5.41, 5.74) is -2.05. The van der Waals surface area contributed by atoms with Crippen molar-refractivity contribution < 1.29 is 18.7 Å². The van der Waals surface area contributed by atoms with Gasteiger partial charge in [-0.15, -0.1) is 0 Å². The van der Waals surface area contributed by atoms with Gasteiger partial charge in [0.25, 0.3) is 0 Å². The smallest absolute Gasteiger partial charge is 0.328 e. The molecular formula is C13H14F2N2O2. The number of carboxylic acids is 1. The topological polar surface area (TPSA) is 64.3 Å². The molecule has 4 nitrogen and oxygen atoms in total. The van der Waals surface area contributed by atoms with Crippen molar-refractivity contribution in [2.24, 2.45) is 0 Å². The number of halogens is 2. The average molecular weight is 268 g/mol. The van der Waals surface area contributed by atoms with Crippen molar-refractivity contribution in [3.05, 3.63) is 29.3 Å². The van der Waals surface area contributed by atoms with Crippen LogP contribution in [0.1, 0.15) is 26.3 Å². The van der Waals surface area contributed by atoms with Gasteiger partial charge in [-0.3, -0.25) is 0 Å². The minimum Gasteiger partial charge on any atom is -0.480 e. The fourth-order valence-corrected chi connectivity index (χ4v) is 1.84. The molecule has 0 bridgehead atoms. The molecule has 19 heavy (non-hydrogen) atoms. The lowest BCUT2D eigenvalue weighted by atomic mass is 10.0. The highest BCUT2D eigenvalue weighted by molar-refractivity contribution is 5.82. The number of nitriles is 1. The van der Waals surface area contributed by atoms with Gasteiger partial charge in [0.2, 0.25) is 0 Å². The molecular weight excluding hydrogens is 254 g/mol. The molecule has 0 spiro atoms. The second kappa shape index (κ2) is 5.22. The van der Waals surface area contributed by atoms with E-state index < -0.39 is 28.8 Å². The number of carboxylic acid groups (broad SMARTS) is 1. The zero-order chi connectivity index (χ0) is 14.8. The van der Waals surface area contributed by atoms with Crippen LogP contribution in [0.4, 0.5) is 14.5 Å². The Kier molecular flexibility index (Phi) is 4.10. The van der Waals surface area contributed by atoms with Crippen LogP contribution >= 0.6 is 0 Å². The van der Waals surface area contributed by atoms with E-state index in [-0.39, 0.29) is 12.1 Å². The summed E-state index contributed by atoms with van der Waals surface area (Å²) in [6.07, 6.45) is 0. The molecule has 1 aromatic rings. The van der Waals surface area contributed by atoms with E-state index in [4.69, 9.17) is 10.4 Å². The Balaban J connectivity index is 3.44. The number of aliphatic carboxylic acids is 1. The Labute approximate surface area is 109 Å². The molecule has 0 aliphatic rings. The zero-order valence-electron chi connectivity index (χ0n) is 10.9. The number of nitrogens with zero attached hydrogens (tertiary/aromatic N) is 2. The summed E-state index contributed by atoms with van der Waals surface area (Å²) >= 11 is 0. The highest BCUT2D eigenvalue weighted by Crippen LogP contribution is 2.30. The van der Waals surface area contributed by atoms with Crippen LogP contribution in [0, 0.1) is 23.0 Å². The van der Waals surface area contributed by atoms with Crippen LogP contribution in [0.15, 0.2) is 12.1 Å². The molecule has 0 radical (unpaired) electrons. The van der Waals surface area contributed by atoms with Crippen molar-refractivity contribution in [3.63, 3.8) is 0 Å². The molecule has 0 aliphatic heterocycles. The van der Waals surface area contributed by atoms with Gasteiger partial charge in [-0.05, 0) is 32.9 Å². The van der Waals surface area contributed by atoms with Gasteiger partial charge in [-0.1, -0.05) is 0 Å². The van der Waals surface area contributed by atoms with Crippen LogP contribution in [-0.4, -0.2) is 23.2 Å². The van der Waals surface area contributed by atoms with Crippen molar-refractivity contribution >= 4 is 11.7 Å². The minimum absolute atomic E-state index is 0.110. The average Bonchev–Trinajstić information content (AvgIpc) is 2.32. The minimum atomic E-state index is -1.47. The van der Waals surface area contributed by atoms with Gasteiger partial charge in [0, 0.05) is 6.54 Å². The number of benzene rings is 1. The van der Waals surface area contributed by atoms with Gasteiger partial charge in [-0.25, -0.2) is 13.6 Å². The zero-order valence-corrected chi connectivity index (χ0v) is 10.9. The van der Waals surface area contributed by atoms with E-state index in [1.54, 1.807) is 13.0 Å². The maximum absolute atomic E-state index is 13.9. The molecule has 6 heteroatoms. The summed E-state index contributed by atoms with van der Waals surface area (Å²) in [4.78, 5) is 12.3. The van der Waals surface area contributed by atoms with E-state index in [2.05, 4.69) is 0 Å². The van der Waals surface area contributed by atoms with Crippen LogP contribution in [0.3, 0.4) is 0 Å². The maximum atomic E-state index is 13.9. The Hall–Kier alpha value is -2.16. The molecule has 1 rings (SSSR count). The number of rotatable bonds is 4. The number of hydrogen-bond donors (Lipinski definition) is 1. The predicted octanol–water partition coefficient (Wildman–Crippen LogP) is 2.53. The van der Waals surface area contributed by atoms with E-state index in [1.807, 2.05) is 0 Å². The standard InChI is InChI=1S/C13H14F2N2O2/c1-4-17(13(2,3)12(18)19)11-9(14)5-8(7-16)6-10(11)15/h5-6H,4H2,1-3H3,(H,18,19). The lowest BCUT2D eigenvalue weighted by Gasteiger charge is -2.36. The van der Waals surface area contributed by atoms with Crippen molar-refractivity contribution in [3.8, 4) is 6.07 Å². The van der Waals surface area contributed by atoms with E-state index in [0.29, 0.717) is 0 Å². The first-order valence-corrected chi connectivity index (χ1v) is 5.65. The second-order valence-corrected chi connectivity index (χ2v) is 4.51. The fourth-order valence-electron chi connectivity index (χ4n) is 1.84. The molecule has 0 saturated carbocycles. The second-order valence-electron chi connectivity index (χ2n) is 4.51. The molecule has 1 N–H and O–H groups in total. The third-order valence-electron chi connectivity index (χ3n) is 2.93. The lowest BCUT2D eigenvalue weighted by molar-refractivity contribution is -0.142. The largest absolute Gasteiger partial charge is 0.480 e. The number of anilines is 1. The van der Waals surface area contributed by atoms with Crippen LogP contribution in [0.5, 0.6) is 0 Å². The quantitative estimate of drug-likeness (QED) is 0.911. The van der Waals surface area contributed by atoms with Crippen LogP contribution in [0.25, 0.3) is 0 Å². The summed E-state index contributed by atoms with van der Waals surface area (Å²) in [6.45, 7) is 4.42. The van der Waals surface area contributed by atoms with Crippen molar-refractivity contribution in [1.82, 2.24) is 0 Å². The first-order chi connectivity index (χ1) is 8.75. The third kappa shape index (κ3) is 2.65. The van der Waals surface area contributed by atoms with Gasteiger partial charge < -0.3 is 10.0 Å². The molecule has 0 amide bonds. The highest BCUT2D eigenvalue weighted by Gasteiger charge is 2.36. The van der Waals surface area contributed by atoms with Crippen LogP contribution in [0.2, 0.25) is 0 Å². The molecule has 0 atom stereocenters. The number of likely N-dealkylation sites (N-methyl/N-ethyl adjacent to an activating group) is 1. The summed E-state index contributed by atoms with van der Waals surface area (Å²) in [7, 11) is 0. The van der Waals surface area contributed by atoms with Crippen LogP contribution in [-0.2, 0) is 4.79 Å². The van der Waals surface area contributed by atoms with Gasteiger partial charge in [0.05, 0.1) is 11.6 Å². The van der Waals surface area contributed by atoms with Crippen molar-refractivity contribution in [2.75, 3.05) is 11.4 Å². The fraction of sp³-hybridized carbons (Fsp3) is 0.385. The van der Waals surface area contributed by atoms with E-state index in [0.717, 1.165) is 17.0 Å². The Morgan fingerprint density at radius 2 is 1.89 bits per heavy atom. The summed E-state index contributed by atoms with van der Waals surface area (Å²) in [5, 5.41) is 17.8. The first-order valence-electron chi connectivity index (χ1n) is 5.65. The molecule has 0 aromatic heterocycles. The summed E-state index contributed by atoms with van der Waals surface area (Å²) < 4.78 is 27.8. The summed E-state index contributed by atoms with van der Waals surface area (Å²) in [5.74, 6) is -3.10. The molecule has 0 saturated heterocycles. The van der Waals surface area contributed by atoms with Crippen molar-refractivity contribution in [2.45, 2.75) is 26.3 Å². The molecule has 0 heterocycles. The third-order valence-corrected chi connectivity index (χ3v) is 2.93. The number of carbonyl (C=O) groups is 1. The van der Waals surface area contributed by atoms with E-state index >= 15 is 0 Å². The van der Waals surface area contributed by atoms with Gasteiger partial charge >= 0.3 is 5.97 Å². The first kappa shape index (κ1) is 14.9. The predicted molar refractivity (Wildman–Crippen MR) is 65.8 cm³/mol.